The van der Waals surface area contributed by atoms with Gasteiger partial charge in [-0.2, -0.15) is 0 Å². The Bertz CT molecular complexity index is 1010. The van der Waals surface area contributed by atoms with Crippen molar-refractivity contribution in [2.75, 3.05) is 13.1 Å². The summed E-state index contributed by atoms with van der Waals surface area (Å²) < 4.78 is 74.9. The van der Waals surface area contributed by atoms with Crippen molar-refractivity contribution in [3.63, 3.8) is 0 Å². The third-order valence-corrected chi connectivity index (χ3v) is 7.03. The molecule has 6 nitrogen and oxygen atoms in total. The maximum absolute atomic E-state index is 13.5. The topological polar surface area (TPSA) is 71.0 Å². The first kappa shape index (κ1) is 24.8. The number of hydrogen-bond acceptors (Lipinski definition) is 4. The van der Waals surface area contributed by atoms with E-state index in [4.69, 9.17) is 0 Å². The van der Waals surface area contributed by atoms with Crippen LogP contribution in [-0.4, -0.2) is 64.0 Å². The molecule has 3 aliphatic rings. The minimum absolute atomic E-state index is 0.0232. The van der Waals surface area contributed by atoms with Gasteiger partial charge < -0.3 is 0 Å². The monoisotopic (exact) mass is 498 g/mol. The van der Waals surface area contributed by atoms with E-state index in [1.165, 1.54) is 12.1 Å². The van der Waals surface area contributed by atoms with E-state index in [1.54, 1.807) is 12.1 Å². The molecule has 2 unspecified atom stereocenters. The molecule has 1 aromatic carbocycles. The van der Waals surface area contributed by atoms with E-state index in [0.717, 1.165) is 29.7 Å². The Hall–Kier alpha value is -2.32. The van der Waals surface area contributed by atoms with Gasteiger partial charge in [-0.1, -0.05) is 0 Å². The van der Waals surface area contributed by atoms with Crippen molar-refractivity contribution in [3.05, 3.63) is 46.9 Å². The fourth-order valence-corrected chi connectivity index (χ4v) is 4.56. The van der Waals surface area contributed by atoms with Crippen molar-refractivity contribution in [3.8, 4) is 0 Å². The summed E-state index contributed by atoms with van der Waals surface area (Å²) in [4.78, 5) is 26.4. The molecule has 1 radical (unpaired) electrons. The summed E-state index contributed by atoms with van der Waals surface area (Å²) in [5.74, 6) is -9.17. The number of alkyl halides is 4. The van der Waals surface area contributed by atoms with E-state index in [0.29, 0.717) is 5.57 Å². The van der Waals surface area contributed by atoms with Gasteiger partial charge in [0.05, 0.1) is 0 Å². The van der Waals surface area contributed by atoms with Crippen LogP contribution in [-0.2, 0) is 9.53 Å². The number of halogens is 5. The molecule has 2 fully saturated rings. The zero-order valence-corrected chi connectivity index (χ0v) is 19.2. The second-order valence-electron chi connectivity index (χ2n) is 8.82. The molecule has 1 N–H and O–H groups in total. The molecular formula is C22H22AlF5N3O3. The summed E-state index contributed by atoms with van der Waals surface area (Å²) >= 11 is 2.10. The third-order valence-electron chi connectivity index (χ3n) is 6.72. The van der Waals surface area contributed by atoms with E-state index < -0.39 is 30.5 Å². The zero-order chi connectivity index (χ0) is 24.7. The summed E-state index contributed by atoms with van der Waals surface area (Å²) in [5, 5.41) is 3.00. The molecule has 2 aliphatic carbocycles. The quantitative estimate of drug-likeness (QED) is 0.471. The van der Waals surface area contributed by atoms with Crippen molar-refractivity contribution < 1.29 is 36.3 Å². The van der Waals surface area contributed by atoms with Crippen LogP contribution < -0.4 is 5.32 Å². The van der Waals surface area contributed by atoms with Gasteiger partial charge in [0.1, 0.15) is 0 Å². The van der Waals surface area contributed by atoms with Crippen LogP contribution in [0.2, 0.25) is 0 Å². The first-order valence-corrected chi connectivity index (χ1v) is 11.5. The van der Waals surface area contributed by atoms with Gasteiger partial charge in [0.15, 0.2) is 0 Å². The molecule has 0 spiro atoms. The van der Waals surface area contributed by atoms with Crippen molar-refractivity contribution in [2.24, 2.45) is 9.85 Å². The fourth-order valence-electron chi connectivity index (χ4n) is 4.32. The number of nitrogens with one attached hydrogen (secondary N) is 1. The second kappa shape index (κ2) is 9.38. The second-order valence-corrected chi connectivity index (χ2v) is 9.08. The van der Waals surface area contributed by atoms with Gasteiger partial charge in [0.2, 0.25) is 0 Å². The minimum atomic E-state index is -4.41. The fraction of sp³-hybridized carbons (Fsp3) is 0.545. The van der Waals surface area contributed by atoms with Crippen LogP contribution in [0.4, 0.5) is 26.7 Å². The number of carbonyl (C=O) groups is 2. The van der Waals surface area contributed by atoms with Crippen molar-refractivity contribution in [1.82, 2.24) is 10.2 Å². The first-order chi connectivity index (χ1) is 16.0. The van der Waals surface area contributed by atoms with E-state index in [1.807, 2.05) is 0 Å². The maximum atomic E-state index is 13.5. The Balaban J connectivity index is 1.43. The summed E-state index contributed by atoms with van der Waals surface area (Å²) in [6.45, 7) is -0.213. The standard InChI is InChI=1S/C22H22F5N3O3.Al/c23-14-6-4-13(5-7-14)18(12-2-1-3-12)29-19(31)15-8-9-30(11-16(15)28)20(32)33-17-10-21(24,25)22(17,26)27;/h4-7,12,17-18H,1-3,8-11H2,(H,29,31);. The molecule has 2 atom stereocenters. The molecule has 0 aromatic heterocycles. The molecule has 1 aromatic rings. The Morgan fingerprint density at radius 3 is 2.38 bits per heavy atom. The summed E-state index contributed by atoms with van der Waals surface area (Å²) in [5.41, 5.74) is 1.34. The molecule has 2 saturated carbocycles. The summed E-state index contributed by atoms with van der Waals surface area (Å²) in [7, 11) is 0. The number of hydrogen-bond donors (Lipinski definition) is 1. The molecular weight excluding hydrogens is 476 g/mol. The van der Waals surface area contributed by atoms with Crippen LogP contribution >= 0.6 is 0 Å². The van der Waals surface area contributed by atoms with Crippen LogP contribution in [0.5, 0.6) is 0 Å². The number of ether oxygens (including phenoxy) is 1. The van der Waals surface area contributed by atoms with Crippen molar-refractivity contribution in [2.45, 2.75) is 56.1 Å². The molecule has 4 rings (SSSR count). The molecule has 1 heterocycles. The van der Waals surface area contributed by atoms with Gasteiger partial charge in [-0.3, -0.25) is 0 Å². The average Bonchev–Trinajstić information content (AvgIpc) is 2.76. The molecule has 0 saturated heterocycles. The average molecular weight is 498 g/mol. The molecule has 34 heavy (non-hydrogen) atoms. The summed E-state index contributed by atoms with van der Waals surface area (Å²) in [6, 6.07) is 5.62. The van der Waals surface area contributed by atoms with E-state index >= 15 is 0 Å². The number of rotatable bonds is 6. The van der Waals surface area contributed by atoms with Gasteiger partial charge in [0.25, 0.3) is 0 Å². The third kappa shape index (κ3) is 4.62. The molecule has 12 heteroatoms. The number of carbonyl (C=O) groups excluding carboxylic acids is 2. The van der Waals surface area contributed by atoms with Crippen LogP contribution in [0.15, 0.2) is 39.5 Å². The Kier molecular flexibility index (Phi) is 6.84. The Labute approximate surface area is 200 Å². The van der Waals surface area contributed by atoms with Crippen LogP contribution in [0.1, 0.15) is 43.7 Å². The van der Waals surface area contributed by atoms with E-state index in [9.17, 15) is 31.5 Å². The summed E-state index contributed by atoms with van der Waals surface area (Å²) in [6.07, 6.45) is -1.64. The van der Waals surface area contributed by atoms with Gasteiger partial charge in [-0.25, -0.2) is 0 Å². The molecule has 1 aliphatic heterocycles. The van der Waals surface area contributed by atoms with Crippen LogP contribution in [0.3, 0.4) is 0 Å². The van der Waals surface area contributed by atoms with Gasteiger partial charge in [0, 0.05) is 0 Å². The predicted molar refractivity (Wildman–Crippen MR) is 111 cm³/mol. The number of amides is 2. The Morgan fingerprint density at radius 1 is 1.18 bits per heavy atom. The van der Waals surface area contributed by atoms with Crippen molar-refractivity contribution >= 4 is 28.1 Å². The van der Waals surface area contributed by atoms with Gasteiger partial charge in [-0.05, 0) is 0 Å². The van der Waals surface area contributed by atoms with Gasteiger partial charge >= 0.3 is 201 Å². The SMILES string of the molecule is O=C(NC(c1ccc(F)cc1)C1CCC1)C1=C([N]=[Al])CN(C(=O)OC2CC(F)(F)C2(F)F)CC1. The van der Waals surface area contributed by atoms with Crippen LogP contribution in [0.25, 0.3) is 0 Å². The van der Waals surface area contributed by atoms with Gasteiger partial charge in [-0.15, -0.1) is 0 Å². The van der Waals surface area contributed by atoms with E-state index in [2.05, 4.69) is 30.1 Å². The molecule has 2 amide bonds. The Morgan fingerprint density at radius 2 is 1.85 bits per heavy atom. The van der Waals surface area contributed by atoms with E-state index in [-0.39, 0.29) is 48.9 Å². The number of benzene rings is 1. The zero-order valence-electron chi connectivity index (χ0n) is 18.1. The predicted octanol–water partition coefficient (Wildman–Crippen LogP) is 4.27. The number of nitrogens with zero attached hydrogens (tertiary/aromatic N) is 2. The molecule has 0 bridgehead atoms. The van der Waals surface area contributed by atoms with Crippen LogP contribution in [0, 0.1) is 11.7 Å². The normalized spacial score (nSPS) is 24.5. The molecule has 181 valence electrons. The first-order valence-electron chi connectivity index (χ1n) is 10.9. The van der Waals surface area contributed by atoms with Crippen molar-refractivity contribution in [1.29, 1.82) is 0 Å².